The second-order valence-corrected chi connectivity index (χ2v) is 8.56. The van der Waals surface area contributed by atoms with Crippen molar-refractivity contribution in [1.82, 2.24) is 20.0 Å². The first-order valence-electron chi connectivity index (χ1n) is 10.1. The summed E-state index contributed by atoms with van der Waals surface area (Å²) in [5, 5.41) is 3.33. The highest BCUT2D eigenvalue weighted by Gasteiger charge is 2.36. The Kier molecular flexibility index (Phi) is 6.11. The van der Waals surface area contributed by atoms with Gasteiger partial charge in [-0.15, -0.1) is 0 Å². The van der Waals surface area contributed by atoms with E-state index in [1.165, 1.54) is 6.42 Å². The molecule has 0 spiro atoms. The minimum absolute atomic E-state index is 0.187. The quantitative estimate of drug-likeness (QED) is 0.799. The second kappa shape index (κ2) is 8.35. The predicted molar refractivity (Wildman–Crippen MR) is 104 cm³/mol. The number of aliphatic imine (C=N–C) groups is 1. The number of piperazine rings is 1. The normalized spacial score (nSPS) is 23.0. The molecule has 0 radical (unpaired) electrons. The summed E-state index contributed by atoms with van der Waals surface area (Å²) in [7, 11) is 0. The first kappa shape index (κ1) is 19.8. The van der Waals surface area contributed by atoms with Crippen LogP contribution in [-0.4, -0.2) is 90.1 Å². The molecule has 8 nitrogen and oxygen atoms in total. The molecule has 3 aliphatic heterocycles. The Morgan fingerprint density at radius 3 is 2.56 bits per heavy atom. The number of carbonyl (C=O) groups is 2. The van der Waals surface area contributed by atoms with E-state index in [1.807, 2.05) is 25.7 Å². The Labute approximate surface area is 161 Å². The number of nitrogens with one attached hydrogen (secondary N) is 1. The van der Waals surface area contributed by atoms with Crippen LogP contribution in [0.4, 0.5) is 4.79 Å². The average Bonchev–Trinajstić information content (AvgIpc) is 3.03. The number of nitrogens with zero attached hydrogens (tertiary/aromatic N) is 4. The lowest BCUT2D eigenvalue weighted by atomic mass is 10.1. The van der Waals surface area contributed by atoms with Crippen LogP contribution < -0.4 is 5.32 Å². The highest BCUT2D eigenvalue weighted by Crippen LogP contribution is 2.18. The summed E-state index contributed by atoms with van der Waals surface area (Å²) < 4.78 is 5.47. The lowest BCUT2D eigenvalue weighted by Gasteiger charge is -2.39. The maximum atomic E-state index is 12.3. The molecule has 2 saturated heterocycles. The van der Waals surface area contributed by atoms with Crippen LogP contribution in [0.1, 0.15) is 46.5 Å². The maximum absolute atomic E-state index is 12.3. The van der Waals surface area contributed by atoms with Crippen molar-refractivity contribution in [2.75, 3.05) is 45.8 Å². The van der Waals surface area contributed by atoms with Crippen molar-refractivity contribution >= 4 is 18.0 Å². The predicted octanol–water partition coefficient (Wildman–Crippen LogP) is 1.27. The molecule has 8 heteroatoms. The highest BCUT2D eigenvalue weighted by atomic mass is 16.6. The van der Waals surface area contributed by atoms with E-state index in [2.05, 4.69) is 15.2 Å². The standard InChI is InChI=1S/C19H33N5O3/c1-19(2,3)27-18(26)23-11-12-24-15(14-23)13-21-17(24)20-8-7-16(25)22-9-5-4-6-10-22/h15H,4-14H2,1-3H3,(H,20,21). The molecule has 3 rings (SSSR count). The third-order valence-corrected chi connectivity index (χ3v) is 5.19. The Morgan fingerprint density at radius 1 is 1.11 bits per heavy atom. The third kappa shape index (κ3) is 5.26. The minimum Gasteiger partial charge on any atom is -0.444 e. The van der Waals surface area contributed by atoms with E-state index in [0.717, 1.165) is 38.4 Å². The van der Waals surface area contributed by atoms with Crippen LogP contribution in [0.3, 0.4) is 0 Å². The molecule has 2 fully saturated rings. The summed E-state index contributed by atoms with van der Waals surface area (Å²) in [4.78, 5) is 35.1. The molecular formula is C19H33N5O3. The zero-order valence-electron chi connectivity index (χ0n) is 16.9. The van der Waals surface area contributed by atoms with Gasteiger partial charge in [0.1, 0.15) is 5.60 Å². The maximum Gasteiger partial charge on any atom is 0.410 e. The SMILES string of the molecule is CC(C)(C)OC(=O)N1CCN2C(NCCC(=O)N3CCCCC3)=NCC2C1. The molecule has 27 heavy (non-hydrogen) atoms. The summed E-state index contributed by atoms with van der Waals surface area (Å²) >= 11 is 0. The van der Waals surface area contributed by atoms with E-state index in [-0.39, 0.29) is 18.0 Å². The lowest BCUT2D eigenvalue weighted by Crippen LogP contribution is -2.57. The van der Waals surface area contributed by atoms with Gasteiger partial charge >= 0.3 is 6.09 Å². The van der Waals surface area contributed by atoms with Gasteiger partial charge in [-0.05, 0) is 40.0 Å². The Morgan fingerprint density at radius 2 is 1.85 bits per heavy atom. The second-order valence-electron chi connectivity index (χ2n) is 8.56. The smallest absolute Gasteiger partial charge is 0.410 e. The van der Waals surface area contributed by atoms with Gasteiger partial charge in [-0.2, -0.15) is 0 Å². The van der Waals surface area contributed by atoms with Crippen molar-refractivity contribution in [2.24, 2.45) is 4.99 Å². The van der Waals surface area contributed by atoms with E-state index in [4.69, 9.17) is 4.74 Å². The zero-order chi connectivity index (χ0) is 19.4. The van der Waals surface area contributed by atoms with Gasteiger partial charge < -0.3 is 24.8 Å². The number of carbonyl (C=O) groups excluding carboxylic acids is 2. The number of ether oxygens (including phenoxy) is 1. The van der Waals surface area contributed by atoms with E-state index in [0.29, 0.717) is 32.6 Å². The van der Waals surface area contributed by atoms with Crippen LogP contribution in [-0.2, 0) is 9.53 Å². The molecule has 0 bridgehead atoms. The van der Waals surface area contributed by atoms with Gasteiger partial charge in [-0.25, -0.2) is 4.79 Å². The zero-order valence-corrected chi connectivity index (χ0v) is 16.9. The fraction of sp³-hybridized carbons (Fsp3) is 0.842. The Balaban J connectivity index is 1.41. The number of hydrogen-bond donors (Lipinski definition) is 1. The van der Waals surface area contributed by atoms with Gasteiger partial charge in [0.25, 0.3) is 0 Å². The molecule has 3 aliphatic rings. The number of piperidine rings is 1. The van der Waals surface area contributed by atoms with Crippen molar-refractivity contribution in [3.05, 3.63) is 0 Å². The lowest BCUT2D eigenvalue weighted by molar-refractivity contribution is -0.131. The fourth-order valence-electron chi connectivity index (χ4n) is 3.81. The van der Waals surface area contributed by atoms with Crippen LogP contribution in [0.25, 0.3) is 0 Å². The molecule has 1 atom stereocenters. The van der Waals surface area contributed by atoms with Crippen LogP contribution in [0.5, 0.6) is 0 Å². The number of amides is 2. The summed E-state index contributed by atoms with van der Waals surface area (Å²) in [5.74, 6) is 1.09. The fourth-order valence-corrected chi connectivity index (χ4v) is 3.81. The number of guanidine groups is 1. The molecule has 0 aliphatic carbocycles. The van der Waals surface area contributed by atoms with Crippen molar-refractivity contribution in [3.63, 3.8) is 0 Å². The molecular weight excluding hydrogens is 346 g/mol. The molecule has 1 N–H and O–H groups in total. The van der Waals surface area contributed by atoms with Gasteiger partial charge in [-0.3, -0.25) is 9.79 Å². The number of rotatable bonds is 3. The summed E-state index contributed by atoms with van der Waals surface area (Å²) in [5.41, 5.74) is -0.478. The van der Waals surface area contributed by atoms with Gasteiger partial charge in [0.15, 0.2) is 5.96 Å². The van der Waals surface area contributed by atoms with Crippen molar-refractivity contribution < 1.29 is 14.3 Å². The van der Waals surface area contributed by atoms with E-state index >= 15 is 0 Å². The monoisotopic (exact) mass is 379 g/mol. The molecule has 0 aromatic heterocycles. The minimum atomic E-state index is -0.478. The first-order valence-corrected chi connectivity index (χ1v) is 10.1. The largest absolute Gasteiger partial charge is 0.444 e. The molecule has 0 saturated carbocycles. The topological polar surface area (TPSA) is 77.5 Å². The number of likely N-dealkylation sites (tertiary alicyclic amines) is 1. The first-order chi connectivity index (χ1) is 12.8. The van der Waals surface area contributed by atoms with Gasteiger partial charge in [-0.1, -0.05) is 0 Å². The average molecular weight is 380 g/mol. The summed E-state index contributed by atoms with van der Waals surface area (Å²) in [6.07, 6.45) is 3.72. The molecule has 3 heterocycles. The molecule has 2 amide bonds. The molecule has 1 unspecified atom stereocenters. The number of hydrogen-bond acceptors (Lipinski definition) is 6. The van der Waals surface area contributed by atoms with E-state index in [1.54, 1.807) is 4.90 Å². The number of fused-ring (bicyclic) bond motifs is 1. The van der Waals surface area contributed by atoms with E-state index < -0.39 is 5.60 Å². The molecule has 0 aromatic carbocycles. The van der Waals surface area contributed by atoms with E-state index in [9.17, 15) is 9.59 Å². The van der Waals surface area contributed by atoms with Crippen molar-refractivity contribution in [3.8, 4) is 0 Å². The Hall–Kier alpha value is -1.99. The highest BCUT2D eigenvalue weighted by molar-refractivity contribution is 5.83. The summed E-state index contributed by atoms with van der Waals surface area (Å²) in [6, 6.07) is 0.187. The van der Waals surface area contributed by atoms with Crippen molar-refractivity contribution in [2.45, 2.75) is 58.1 Å². The molecule has 152 valence electrons. The Bertz CT molecular complexity index is 580. The summed E-state index contributed by atoms with van der Waals surface area (Å²) in [6.45, 7) is 10.7. The van der Waals surface area contributed by atoms with Gasteiger partial charge in [0, 0.05) is 45.7 Å². The van der Waals surface area contributed by atoms with Crippen LogP contribution in [0.2, 0.25) is 0 Å². The third-order valence-electron chi connectivity index (χ3n) is 5.19. The van der Waals surface area contributed by atoms with Gasteiger partial charge in [0.05, 0.1) is 12.6 Å². The van der Waals surface area contributed by atoms with Crippen LogP contribution >= 0.6 is 0 Å². The van der Waals surface area contributed by atoms with Gasteiger partial charge in [0.2, 0.25) is 5.91 Å². The molecule has 0 aromatic rings. The van der Waals surface area contributed by atoms with Crippen LogP contribution in [0.15, 0.2) is 4.99 Å². The van der Waals surface area contributed by atoms with Crippen LogP contribution in [0, 0.1) is 0 Å². The van der Waals surface area contributed by atoms with Crippen molar-refractivity contribution in [1.29, 1.82) is 0 Å².